The van der Waals surface area contributed by atoms with Crippen LogP contribution in [0.15, 0.2) is 78.5 Å². The van der Waals surface area contributed by atoms with Crippen molar-refractivity contribution in [3.8, 4) is 5.75 Å². The zero-order chi connectivity index (χ0) is 25.8. The van der Waals surface area contributed by atoms with Crippen molar-refractivity contribution in [2.75, 3.05) is 16.8 Å². The molecule has 8 heteroatoms. The highest BCUT2D eigenvalue weighted by Crippen LogP contribution is 2.41. The number of aliphatic hydroxyl groups is 1. The van der Waals surface area contributed by atoms with Crippen LogP contribution < -0.4 is 15.0 Å². The van der Waals surface area contributed by atoms with Crippen LogP contribution in [0.3, 0.4) is 0 Å². The molecule has 0 bridgehead atoms. The fourth-order valence-corrected chi connectivity index (χ4v) is 3.95. The molecular formula is C28H27N3O5. The highest BCUT2D eigenvalue weighted by molar-refractivity contribution is 6.51. The van der Waals surface area contributed by atoms with Crippen molar-refractivity contribution in [3.63, 3.8) is 0 Å². The lowest BCUT2D eigenvalue weighted by atomic mass is 9.98. The van der Waals surface area contributed by atoms with Crippen molar-refractivity contribution in [2.45, 2.75) is 26.8 Å². The van der Waals surface area contributed by atoms with Gasteiger partial charge in [-0.2, -0.15) is 0 Å². The molecule has 2 heterocycles. The number of rotatable bonds is 7. The van der Waals surface area contributed by atoms with Gasteiger partial charge in [0.2, 0.25) is 5.91 Å². The van der Waals surface area contributed by atoms with E-state index in [9.17, 15) is 19.5 Å². The molecule has 4 rings (SSSR count). The number of Topliss-reactive ketones (excluding diaryl/α,β-unsaturated/α-hetero) is 1. The normalized spacial score (nSPS) is 16.9. The average Bonchev–Trinajstić information content (AvgIpc) is 3.13. The van der Waals surface area contributed by atoms with Crippen LogP contribution in [-0.4, -0.2) is 34.3 Å². The minimum Gasteiger partial charge on any atom is -0.507 e. The van der Waals surface area contributed by atoms with Crippen molar-refractivity contribution >= 4 is 34.7 Å². The molecule has 0 saturated carbocycles. The molecule has 1 unspecified atom stereocenters. The summed E-state index contributed by atoms with van der Waals surface area (Å²) in [6, 6.07) is 17.5. The summed E-state index contributed by atoms with van der Waals surface area (Å²) in [4.78, 5) is 43.5. The number of amides is 2. The number of benzene rings is 2. The van der Waals surface area contributed by atoms with E-state index in [2.05, 4.69) is 10.3 Å². The molecular weight excluding hydrogens is 458 g/mol. The van der Waals surface area contributed by atoms with Gasteiger partial charge in [0, 0.05) is 30.1 Å². The molecule has 2 amide bonds. The van der Waals surface area contributed by atoms with E-state index in [-0.39, 0.29) is 17.2 Å². The third-order valence-corrected chi connectivity index (χ3v) is 5.59. The van der Waals surface area contributed by atoms with Crippen LogP contribution in [0.5, 0.6) is 5.75 Å². The van der Waals surface area contributed by atoms with Gasteiger partial charge in [0.15, 0.2) is 0 Å². The Bertz CT molecular complexity index is 1300. The van der Waals surface area contributed by atoms with Gasteiger partial charge in [-0.1, -0.05) is 19.9 Å². The first-order valence-corrected chi connectivity index (χ1v) is 11.6. The van der Waals surface area contributed by atoms with E-state index in [1.54, 1.807) is 72.9 Å². The van der Waals surface area contributed by atoms with Gasteiger partial charge in [0.25, 0.3) is 11.7 Å². The molecule has 0 aliphatic carbocycles. The summed E-state index contributed by atoms with van der Waals surface area (Å²) >= 11 is 0. The standard InChI is InChI=1S/C28H27N3O5/c1-17(2)16-36-22-13-7-19(8-14-22)26(33)24-25(23-6-4-5-15-29-23)31(28(35)27(24)34)21-11-9-20(10-12-21)30-18(3)32/h4-15,17,25,33H,16H2,1-3H3,(H,30,32)/b26-24-. The number of ketones is 1. The lowest BCUT2D eigenvalue weighted by Gasteiger charge is -2.24. The second-order valence-corrected chi connectivity index (χ2v) is 8.88. The molecule has 1 fully saturated rings. The summed E-state index contributed by atoms with van der Waals surface area (Å²) in [5.41, 5.74) is 1.74. The molecule has 1 aromatic heterocycles. The van der Waals surface area contributed by atoms with E-state index < -0.39 is 17.7 Å². The maximum Gasteiger partial charge on any atom is 0.300 e. The number of ether oxygens (including phenoxy) is 1. The molecule has 184 valence electrons. The first-order valence-electron chi connectivity index (χ1n) is 11.6. The van der Waals surface area contributed by atoms with E-state index >= 15 is 0 Å². The van der Waals surface area contributed by atoms with Crippen molar-refractivity contribution < 1.29 is 24.2 Å². The Morgan fingerprint density at radius 1 is 1.06 bits per heavy atom. The second kappa shape index (κ2) is 10.4. The van der Waals surface area contributed by atoms with Crippen molar-refractivity contribution in [2.24, 2.45) is 5.92 Å². The molecule has 1 saturated heterocycles. The molecule has 0 radical (unpaired) electrons. The van der Waals surface area contributed by atoms with Crippen molar-refractivity contribution in [3.05, 3.63) is 89.8 Å². The van der Waals surface area contributed by atoms with Gasteiger partial charge < -0.3 is 15.2 Å². The molecule has 8 nitrogen and oxygen atoms in total. The summed E-state index contributed by atoms with van der Waals surface area (Å²) in [5, 5.41) is 13.9. The Kier molecular flexibility index (Phi) is 7.15. The largest absolute Gasteiger partial charge is 0.507 e. The molecule has 1 aliphatic rings. The lowest BCUT2D eigenvalue weighted by Crippen LogP contribution is -2.29. The number of hydrogen-bond acceptors (Lipinski definition) is 6. The van der Waals surface area contributed by atoms with Gasteiger partial charge in [-0.15, -0.1) is 0 Å². The third kappa shape index (κ3) is 5.12. The Balaban J connectivity index is 1.76. The zero-order valence-electron chi connectivity index (χ0n) is 20.3. The van der Waals surface area contributed by atoms with E-state index in [1.165, 1.54) is 11.8 Å². The zero-order valence-corrected chi connectivity index (χ0v) is 20.3. The fourth-order valence-electron chi connectivity index (χ4n) is 3.95. The van der Waals surface area contributed by atoms with Crippen LogP contribution in [0, 0.1) is 5.92 Å². The number of pyridine rings is 1. The fraction of sp³-hybridized carbons (Fsp3) is 0.214. The Morgan fingerprint density at radius 3 is 2.33 bits per heavy atom. The SMILES string of the molecule is CC(=O)Nc1ccc(N2C(=O)C(=O)/C(=C(\O)c3ccc(OCC(C)C)cc3)C2c2ccccn2)cc1. The van der Waals surface area contributed by atoms with Gasteiger partial charge in [-0.25, -0.2) is 0 Å². The summed E-state index contributed by atoms with van der Waals surface area (Å²) in [7, 11) is 0. The smallest absolute Gasteiger partial charge is 0.300 e. The number of aromatic nitrogens is 1. The number of anilines is 2. The van der Waals surface area contributed by atoms with Crippen LogP contribution in [0.4, 0.5) is 11.4 Å². The van der Waals surface area contributed by atoms with E-state index in [0.29, 0.717) is 40.9 Å². The highest BCUT2D eigenvalue weighted by atomic mass is 16.5. The maximum absolute atomic E-state index is 13.2. The minimum atomic E-state index is -0.935. The summed E-state index contributed by atoms with van der Waals surface area (Å²) < 4.78 is 5.70. The number of hydrogen-bond donors (Lipinski definition) is 2. The van der Waals surface area contributed by atoms with Crippen molar-refractivity contribution in [1.82, 2.24) is 4.98 Å². The van der Waals surface area contributed by atoms with Crippen LogP contribution in [0.2, 0.25) is 0 Å². The number of carbonyl (C=O) groups excluding carboxylic acids is 3. The molecule has 36 heavy (non-hydrogen) atoms. The van der Waals surface area contributed by atoms with Gasteiger partial charge >= 0.3 is 0 Å². The second-order valence-electron chi connectivity index (χ2n) is 8.88. The van der Waals surface area contributed by atoms with E-state index in [1.807, 2.05) is 13.8 Å². The Hall–Kier alpha value is -4.46. The van der Waals surface area contributed by atoms with Crippen LogP contribution in [0.1, 0.15) is 38.1 Å². The quantitative estimate of drug-likeness (QED) is 0.285. The summed E-state index contributed by atoms with van der Waals surface area (Å²) in [5.74, 6) is -1.11. The monoisotopic (exact) mass is 485 g/mol. The molecule has 1 atom stereocenters. The number of aliphatic hydroxyl groups excluding tert-OH is 1. The van der Waals surface area contributed by atoms with Gasteiger partial charge in [-0.05, 0) is 66.6 Å². The maximum atomic E-state index is 13.2. The van der Waals surface area contributed by atoms with Gasteiger partial charge in [-0.3, -0.25) is 24.3 Å². The summed E-state index contributed by atoms with van der Waals surface area (Å²) in [6.07, 6.45) is 1.57. The highest BCUT2D eigenvalue weighted by Gasteiger charge is 2.47. The molecule has 2 aromatic carbocycles. The van der Waals surface area contributed by atoms with Crippen LogP contribution >= 0.6 is 0 Å². The Morgan fingerprint density at radius 2 is 1.75 bits per heavy atom. The first-order chi connectivity index (χ1) is 17.3. The van der Waals surface area contributed by atoms with E-state index in [4.69, 9.17) is 4.74 Å². The average molecular weight is 486 g/mol. The van der Waals surface area contributed by atoms with Crippen LogP contribution in [0.25, 0.3) is 5.76 Å². The number of carbonyl (C=O) groups is 3. The van der Waals surface area contributed by atoms with Gasteiger partial charge in [0.1, 0.15) is 17.6 Å². The molecule has 3 aromatic rings. The van der Waals surface area contributed by atoms with Gasteiger partial charge in [0.05, 0.1) is 17.9 Å². The predicted octanol–water partition coefficient (Wildman–Crippen LogP) is 4.70. The lowest BCUT2D eigenvalue weighted by molar-refractivity contribution is -0.132. The first kappa shape index (κ1) is 24.7. The molecule has 2 N–H and O–H groups in total. The van der Waals surface area contributed by atoms with Crippen LogP contribution in [-0.2, 0) is 14.4 Å². The Labute approximate surface area is 209 Å². The topological polar surface area (TPSA) is 109 Å². The molecule has 1 aliphatic heterocycles. The predicted molar refractivity (Wildman–Crippen MR) is 137 cm³/mol. The third-order valence-electron chi connectivity index (χ3n) is 5.59. The summed E-state index contributed by atoms with van der Waals surface area (Å²) in [6.45, 7) is 6.04. The number of nitrogens with one attached hydrogen (secondary N) is 1. The molecule has 0 spiro atoms. The van der Waals surface area contributed by atoms with Crippen molar-refractivity contribution in [1.29, 1.82) is 0 Å². The van der Waals surface area contributed by atoms with E-state index in [0.717, 1.165) is 0 Å². The minimum absolute atomic E-state index is 0.0551. The number of nitrogens with zero attached hydrogens (tertiary/aromatic N) is 2.